The van der Waals surface area contributed by atoms with Crippen LogP contribution in [0.1, 0.15) is 18.9 Å². The molecule has 0 radical (unpaired) electrons. The third-order valence-electron chi connectivity index (χ3n) is 3.70. The number of rotatable bonds is 2. The lowest BCUT2D eigenvalue weighted by molar-refractivity contribution is 0.447. The van der Waals surface area contributed by atoms with Gasteiger partial charge in [0.25, 0.3) is 0 Å². The summed E-state index contributed by atoms with van der Waals surface area (Å²) in [5.74, 6) is -0.530. The number of nitrogens with two attached hydrogens (primary N) is 1. The first-order valence-electron chi connectivity index (χ1n) is 6.73. The summed E-state index contributed by atoms with van der Waals surface area (Å²) in [5.41, 5.74) is 6.06. The lowest BCUT2D eigenvalue weighted by Gasteiger charge is -2.30. The van der Waals surface area contributed by atoms with Crippen molar-refractivity contribution in [3.05, 3.63) is 48.1 Å². The van der Waals surface area contributed by atoms with Gasteiger partial charge in [0.15, 0.2) is 5.17 Å². The third-order valence-corrected chi connectivity index (χ3v) is 4.50. The Morgan fingerprint density at radius 2 is 1.79 bits per heavy atom. The van der Waals surface area contributed by atoms with Crippen molar-refractivity contribution in [1.82, 2.24) is 9.97 Å². The molecule has 0 aliphatic carbocycles. The minimum Gasteiger partial charge on any atom is -0.379 e. The molecule has 1 aliphatic rings. The van der Waals surface area contributed by atoms with E-state index in [0.29, 0.717) is 22.7 Å². The first-order chi connectivity index (χ1) is 10.5. The standard InChI is InChI=1S/C15H14F2N4S.2ClH/c1-15(2-3-22-14(18)21-15)11-4-10(12(16)5-13(11)17)9-6-19-8-20-7-9;;/h4-8H,2-3H2,1H3,(H2,18,21);2*1H/t15-;;/m0../s1. The van der Waals surface area contributed by atoms with Gasteiger partial charge in [0.1, 0.15) is 18.0 Å². The molecule has 4 nitrogen and oxygen atoms in total. The highest BCUT2D eigenvalue weighted by Gasteiger charge is 2.33. The largest absolute Gasteiger partial charge is 0.379 e. The van der Waals surface area contributed by atoms with Crippen LogP contribution in [-0.4, -0.2) is 20.9 Å². The van der Waals surface area contributed by atoms with Gasteiger partial charge in [-0.1, -0.05) is 11.8 Å². The molecule has 2 heterocycles. The first kappa shape index (κ1) is 20.6. The number of hydrogen-bond acceptors (Lipinski definition) is 5. The number of halogens is 4. The third kappa shape index (κ3) is 3.96. The van der Waals surface area contributed by atoms with Crippen molar-refractivity contribution in [3.63, 3.8) is 0 Å². The van der Waals surface area contributed by atoms with Gasteiger partial charge in [-0.15, -0.1) is 24.8 Å². The lowest BCUT2D eigenvalue weighted by Crippen LogP contribution is -2.29. The molecule has 24 heavy (non-hydrogen) atoms. The summed E-state index contributed by atoms with van der Waals surface area (Å²) in [6.45, 7) is 1.81. The van der Waals surface area contributed by atoms with E-state index in [1.807, 2.05) is 0 Å². The summed E-state index contributed by atoms with van der Waals surface area (Å²) in [6, 6.07) is 2.37. The van der Waals surface area contributed by atoms with Gasteiger partial charge in [0.05, 0.1) is 5.54 Å². The van der Waals surface area contributed by atoms with Gasteiger partial charge in [-0.25, -0.2) is 18.7 Å². The molecule has 0 fully saturated rings. The zero-order valence-electron chi connectivity index (χ0n) is 12.7. The van der Waals surface area contributed by atoms with Crippen LogP contribution in [0.3, 0.4) is 0 Å². The molecular formula is C15H16Cl2F2N4S. The van der Waals surface area contributed by atoms with Gasteiger partial charge in [0.2, 0.25) is 0 Å². The van der Waals surface area contributed by atoms with E-state index in [1.165, 1.54) is 36.5 Å². The molecule has 130 valence electrons. The zero-order chi connectivity index (χ0) is 15.7. The van der Waals surface area contributed by atoms with Crippen molar-refractivity contribution in [2.75, 3.05) is 5.75 Å². The molecule has 1 aliphatic heterocycles. The second-order valence-corrected chi connectivity index (χ2v) is 6.38. The summed E-state index contributed by atoms with van der Waals surface area (Å²) >= 11 is 1.44. The second-order valence-electron chi connectivity index (χ2n) is 5.26. The van der Waals surface area contributed by atoms with Gasteiger partial charge in [-0.3, -0.25) is 4.99 Å². The summed E-state index contributed by atoms with van der Waals surface area (Å²) in [5, 5.41) is 0.419. The fraction of sp³-hybridized carbons (Fsp3) is 0.267. The van der Waals surface area contributed by atoms with Gasteiger partial charge in [-0.2, -0.15) is 0 Å². The Morgan fingerprint density at radius 3 is 2.42 bits per heavy atom. The maximum Gasteiger partial charge on any atom is 0.154 e. The van der Waals surface area contributed by atoms with Gasteiger partial charge >= 0.3 is 0 Å². The van der Waals surface area contributed by atoms with E-state index in [4.69, 9.17) is 5.73 Å². The number of aliphatic imine (C=N–C) groups is 1. The van der Waals surface area contributed by atoms with E-state index < -0.39 is 17.2 Å². The Labute approximate surface area is 155 Å². The van der Waals surface area contributed by atoms with Gasteiger partial charge in [0, 0.05) is 40.9 Å². The highest BCUT2D eigenvalue weighted by atomic mass is 35.5. The van der Waals surface area contributed by atoms with E-state index in [-0.39, 0.29) is 30.4 Å². The van der Waals surface area contributed by atoms with Crippen molar-refractivity contribution in [2.24, 2.45) is 10.7 Å². The molecule has 9 heteroatoms. The molecule has 1 atom stereocenters. The average molecular weight is 393 g/mol. The monoisotopic (exact) mass is 392 g/mol. The minimum absolute atomic E-state index is 0. The van der Waals surface area contributed by atoms with E-state index in [2.05, 4.69) is 15.0 Å². The van der Waals surface area contributed by atoms with Crippen LogP contribution < -0.4 is 5.73 Å². The number of benzene rings is 1. The summed E-state index contributed by atoms with van der Waals surface area (Å²) in [6.07, 6.45) is 4.97. The SMILES string of the molecule is C[C@@]1(c2cc(-c3cncnc3)c(F)cc2F)CCSC(N)=N1.Cl.Cl. The molecule has 0 saturated carbocycles. The van der Waals surface area contributed by atoms with E-state index >= 15 is 0 Å². The van der Waals surface area contributed by atoms with Crippen molar-refractivity contribution in [2.45, 2.75) is 18.9 Å². The normalized spacial score (nSPS) is 19.7. The van der Waals surface area contributed by atoms with Crippen molar-refractivity contribution in [3.8, 4) is 11.1 Å². The van der Waals surface area contributed by atoms with Crippen LogP contribution in [0.25, 0.3) is 11.1 Å². The Balaban J connectivity index is 0.00000144. The lowest BCUT2D eigenvalue weighted by atomic mass is 9.87. The van der Waals surface area contributed by atoms with Gasteiger partial charge in [-0.05, 0) is 19.4 Å². The maximum absolute atomic E-state index is 14.3. The van der Waals surface area contributed by atoms with Crippen LogP contribution in [0.2, 0.25) is 0 Å². The highest BCUT2D eigenvalue weighted by Crippen LogP contribution is 2.38. The molecular weight excluding hydrogens is 377 g/mol. The summed E-state index contributed by atoms with van der Waals surface area (Å²) < 4.78 is 28.4. The average Bonchev–Trinajstić information content (AvgIpc) is 2.47. The number of aromatic nitrogens is 2. The van der Waals surface area contributed by atoms with Crippen LogP contribution in [-0.2, 0) is 5.54 Å². The Bertz CT molecular complexity index is 746. The Kier molecular flexibility index (Phi) is 6.95. The topological polar surface area (TPSA) is 64.2 Å². The molecule has 3 rings (SSSR count). The molecule has 0 unspecified atom stereocenters. The highest BCUT2D eigenvalue weighted by molar-refractivity contribution is 8.13. The molecule has 0 saturated heterocycles. The summed E-state index contributed by atoms with van der Waals surface area (Å²) in [4.78, 5) is 12.1. The van der Waals surface area contributed by atoms with Crippen molar-refractivity contribution < 1.29 is 8.78 Å². The van der Waals surface area contributed by atoms with Crippen LogP contribution in [0.5, 0.6) is 0 Å². The van der Waals surface area contributed by atoms with Crippen LogP contribution in [0.15, 0.2) is 35.8 Å². The van der Waals surface area contributed by atoms with E-state index in [0.717, 1.165) is 11.8 Å². The predicted octanol–water partition coefficient (Wildman–Crippen LogP) is 3.93. The molecule has 0 spiro atoms. The quantitative estimate of drug-likeness (QED) is 0.840. The molecule has 2 N–H and O–H groups in total. The zero-order valence-corrected chi connectivity index (χ0v) is 15.2. The Hall–Kier alpha value is -1.44. The minimum atomic E-state index is -0.794. The first-order valence-corrected chi connectivity index (χ1v) is 7.71. The van der Waals surface area contributed by atoms with E-state index in [9.17, 15) is 8.78 Å². The molecule has 1 aromatic heterocycles. The Morgan fingerprint density at radius 1 is 1.12 bits per heavy atom. The predicted molar refractivity (Wildman–Crippen MR) is 97.9 cm³/mol. The fourth-order valence-electron chi connectivity index (χ4n) is 2.50. The van der Waals surface area contributed by atoms with Crippen LogP contribution in [0, 0.1) is 11.6 Å². The van der Waals surface area contributed by atoms with Crippen molar-refractivity contribution in [1.29, 1.82) is 0 Å². The van der Waals surface area contributed by atoms with Gasteiger partial charge < -0.3 is 5.73 Å². The molecule has 1 aromatic carbocycles. The van der Waals surface area contributed by atoms with E-state index in [1.54, 1.807) is 6.92 Å². The van der Waals surface area contributed by atoms with Crippen LogP contribution in [0.4, 0.5) is 8.78 Å². The van der Waals surface area contributed by atoms with Crippen LogP contribution >= 0.6 is 36.6 Å². The second kappa shape index (κ2) is 8.09. The summed E-state index contributed by atoms with van der Waals surface area (Å²) in [7, 11) is 0. The maximum atomic E-state index is 14.3. The smallest absolute Gasteiger partial charge is 0.154 e. The number of nitrogens with zero attached hydrogens (tertiary/aromatic N) is 3. The molecule has 0 amide bonds. The fourth-order valence-corrected chi connectivity index (χ4v) is 3.48. The molecule has 2 aromatic rings. The molecule has 0 bridgehead atoms. The van der Waals surface area contributed by atoms with Crippen molar-refractivity contribution >= 4 is 41.7 Å². The number of hydrogen-bond donors (Lipinski definition) is 1. The number of amidine groups is 1. The number of thioether (sulfide) groups is 1.